The molecule has 0 unspecified atom stereocenters. The van der Waals surface area contributed by atoms with Gasteiger partial charge in [0.2, 0.25) is 5.91 Å². The van der Waals surface area contributed by atoms with Crippen LogP contribution in [0, 0.1) is 0 Å². The van der Waals surface area contributed by atoms with Gasteiger partial charge in [0.1, 0.15) is 5.75 Å². The first-order chi connectivity index (χ1) is 17.2. The van der Waals surface area contributed by atoms with E-state index in [1.54, 1.807) is 42.0 Å². The van der Waals surface area contributed by atoms with Gasteiger partial charge >= 0.3 is 6.18 Å². The standard InChI is InChI=1S/C24H17Cl2F3N4O2S/c1-35-20-5-3-2-4-17(20)22-31-32-23(33(22)16-9-7-15(25)8-10-16)36-13-21(34)30-19-12-14(24(27,28)29)6-11-18(19)26/h2-12H,13H2,1H3,(H,30,34). The molecule has 6 nitrogen and oxygen atoms in total. The lowest BCUT2D eigenvalue weighted by Crippen LogP contribution is -2.16. The van der Waals surface area contributed by atoms with E-state index in [1.807, 2.05) is 18.2 Å². The van der Waals surface area contributed by atoms with E-state index < -0.39 is 17.6 Å². The number of nitrogens with zero attached hydrogens (tertiary/aromatic N) is 3. The molecule has 0 atom stereocenters. The van der Waals surface area contributed by atoms with Crippen LogP contribution in [0.15, 0.2) is 71.9 Å². The Morgan fingerprint density at radius 3 is 2.47 bits per heavy atom. The first kappa shape index (κ1) is 25.9. The van der Waals surface area contributed by atoms with Crippen molar-refractivity contribution in [3.8, 4) is 22.8 Å². The van der Waals surface area contributed by atoms with Gasteiger partial charge in [-0.1, -0.05) is 47.1 Å². The van der Waals surface area contributed by atoms with Gasteiger partial charge in [0.05, 0.1) is 34.7 Å². The van der Waals surface area contributed by atoms with Crippen LogP contribution in [0.4, 0.5) is 18.9 Å². The van der Waals surface area contributed by atoms with Crippen LogP contribution in [-0.2, 0) is 11.0 Å². The summed E-state index contributed by atoms with van der Waals surface area (Å²) in [6.45, 7) is 0. The number of alkyl halides is 3. The molecule has 186 valence electrons. The fourth-order valence-corrected chi connectivity index (χ4v) is 4.35. The number of aromatic nitrogens is 3. The van der Waals surface area contributed by atoms with Gasteiger partial charge in [-0.2, -0.15) is 13.2 Å². The van der Waals surface area contributed by atoms with Crippen molar-refractivity contribution in [1.82, 2.24) is 14.8 Å². The van der Waals surface area contributed by atoms with Crippen LogP contribution in [0.1, 0.15) is 5.56 Å². The molecule has 0 saturated heterocycles. The van der Waals surface area contributed by atoms with Crippen molar-refractivity contribution in [2.75, 3.05) is 18.2 Å². The zero-order valence-electron chi connectivity index (χ0n) is 18.5. The number of ether oxygens (including phenoxy) is 1. The summed E-state index contributed by atoms with van der Waals surface area (Å²) in [6, 6.07) is 17.0. The lowest BCUT2D eigenvalue weighted by Gasteiger charge is -2.13. The van der Waals surface area contributed by atoms with Gasteiger partial charge in [0, 0.05) is 10.7 Å². The lowest BCUT2D eigenvalue weighted by molar-refractivity contribution is -0.137. The third kappa shape index (κ3) is 5.77. The minimum Gasteiger partial charge on any atom is -0.496 e. The number of carbonyl (C=O) groups excluding carboxylic acids is 1. The maximum atomic E-state index is 13.0. The molecule has 12 heteroatoms. The van der Waals surface area contributed by atoms with Gasteiger partial charge in [-0.05, 0) is 54.6 Å². The topological polar surface area (TPSA) is 69.0 Å². The number of benzene rings is 3. The predicted molar refractivity (Wildman–Crippen MR) is 134 cm³/mol. The highest BCUT2D eigenvalue weighted by molar-refractivity contribution is 7.99. The number of amides is 1. The van der Waals surface area contributed by atoms with Crippen molar-refractivity contribution < 1.29 is 22.7 Å². The lowest BCUT2D eigenvalue weighted by atomic mass is 10.2. The van der Waals surface area contributed by atoms with Crippen LogP contribution < -0.4 is 10.1 Å². The highest BCUT2D eigenvalue weighted by Crippen LogP contribution is 2.35. The van der Waals surface area contributed by atoms with Gasteiger partial charge in [-0.3, -0.25) is 9.36 Å². The highest BCUT2D eigenvalue weighted by Gasteiger charge is 2.31. The summed E-state index contributed by atoms with van der Waals surface area (Å²) in [5.74, 6) is 0.322. The minimum atomic E-state index is -4.57. The number of halogens is 5. The number of methoxy groups -OCH3 is 1. The Morgan fingerprint density at radius 1 is 1.06 bits per heavy atom. The molecule has 1 N–H and O–H groups in total. The van der Waals surface area contributed by atoms with Crippen LogP contribution in [-0.4, -0.2) is 33.5 Å². The molecule has 0 saturated carbocycles. The Labute approximate surface area is 218 Å². The van der Waals surface area contributed by atoms with Crippen LogP contribution >= 0.6 is 35.0 Å². The van der Waals surface area contributed by atoms with Crippen LogP contribution in [0.3, 0.4) is 0 Å². The molecule has 0 spiro atoms. The molecule has 1 heterocycles. The van der Waals surface area contributed by atoms with Crippen LogP contribution in [0.2, 0.25) is 10.0 Å². The van der Waals surface area contributed by atoms with E-state index in [2.05, 4.69) is 15.5 Å². The van der Waals surface area contributed by atoms with E-state index in [9.17, 15) is 18.0 Å². The summed E-state index contributed by atoms with van der Waals surface area (Å²) in [4.78, 5) is 12.6. The number of thioether (sulfide) groups is 1. The van der Waals surface area contributed by atoms with Gasteiger partial charge in [0.15, 0.2) is 11.0 Å². The van der Waals surface area contributed by atoms with Crippen molar-refractivity contribution in [3.63, 3.8) is 0 Å². The van der Waals surface area contributed by atoms with Crippen LogP contribution in [0.5, 0.6) is 5.75 Å². The molecular formula is C24H17Cl2F3N4O2S. The molecular weight excluding hydrogens is 536 g/mol. The largest absolute Gasteiger partial charge is 0.496 e. The molecule has 1 aromatic heterocycles. The molecule has 0 fully saturated rings. The molecule has 4 rings (SSSR count). The molecule has 4 aromatic rings. The van der Waals surface area contributed by atoms with Gasteiger partial charge in [0.25, 0.3) is 0 Å². The zero-order chi connectivity index (χ0) is 25.9. The normalized spacial score (nSPS) is 11.4. The van der Waals surface area contributed by atoms with E-state index in [0.717, 1.165) is 30.0 Å². The third-order valence-corrected chi connectivity index (χ3v) is 6.48. The summed E-state index contributed by atoms with van der Waals surface area (Å²) in [5, 5.41) is 11.9. The maximum Gasteiger partial charge on any atom is 0.416 e. The molecule has 0 aliphatic carbocycles. The summed E-state index contributed by atoms with van der Waals surface area (Å²) in [6.07, 6.45) is -4.57. The van der Waals surface area contributed by atoms with Crippen LogP contribution in [0.25, 0.3) is 17.1 Å². The molecule has 1 amide bonds. The van der Waals surface area contributed by atoms with Gasteiger partial charge < -0.3 is 10.1 Å². The Morgan fingerprint density at radius 2 is 1.78 bits per heavy atom. The quantitative estimate of drug-likeness (QED) is 0.250. The summed E-state index contributed by atoms with van der Waals surface area (Å²) in [5.41, 5.74) is 0.313. The molecule has 0 aliphatic rings. The van der Waals surface area contributed by atoms with Crippen molar-refractivity contribution in [2.45, 2.75) is 11.3 Å². The smallest absolute Gasteiger partial charge is 0.416 e. The predicted octanol–water partition coefficient (Wildman–Crippen LogP) is 7.00. The Balaban J connectivity index is 1.61. The Kier molecular flexibility index (Phi) is 7.77. The SMILES string of the molecule is COc1ccccc1-c1nnc(SCC(=O)Nc2cc(C(F)(F)F)ccc2Cl)n1-c1ccc(Cl)cc1. The first-order valence-corrected chi connectivity index (χ1v) is 12.1. The number of anilines is 1. The second kappa shape index (κ2) is 10.8. The van der Waals surface area contributed by atoms with E-state index >= 15 is 0 Å². The number of carbonyl (C=O) groups is 1. The number of hydrogen-bond acceptors (Lipinski definition) is 5. The minimum absolute atomic E-state index is 0.0101. The van der Waals surface area contributed by atoms with Crippen molar-refractivity contribution in [1.29, 1.82) is 0 Å². The Hall–Kier alpha value is -3.21. The summed E-state index contributed by atoms with van der Waals surface area (Å²) in [7, 11) is 1.54. The van der Waals surface area contributed by atoms with Gasteiger partial charge in [-0.15, -0.1) is 10.2 Å². The average molecular weight is 553 g/mol. The van der Waals surface area contributed by atoms with E-state index in [4.69, 9.17) is 27.9 Å². The molecule has 3 aromatic carbocycles. The fourth-order valence-electron chi connectivity index (χ4n) is 3.30. The second-order valence-corrected chi connectivity index (χ2v) is 9.13. The monoisotopic (exact) mass is 552 g/mol. The van der Waals surface area contributed by atoms with E-state index in [1.165, 1.54) is 0 Å². The highest BCUT2D eigenvalue weighted by atomic mass is 35.5. The number of nitrogens with one attached hydrogen (secondary N) is 1. The summed E-state index contributed by atoms with van der Waals surface area (Å²) < 4.78 is 46.3. The fraction of sp³-hybridized carbons (Fsp3) is 0.125. The summed E-state index contributed by atoms with van der Waals surface area (Å²) >= 11 is 13.1. The number of para-hydroxylation sites is 1. The number of rotatable bonds is 7. The molecule has 0 aliphatic heterocycles. The van der Waals surface area contributed by atoms with E-state index in [-0.39, 0.29) is 16.5 Å². The first-order valence-electron chi connectivity index (χ1n) is 10.3. The zero-order valence-corrected chi connectivity index (χ0v) is 20.8. The van der Waals surface area contributed by atoms with E-state index in [0.29, 0.717) is 33.0 Å². The van der Waals surface area contributed by atoms with Crippen molar-refractivity contribution in [2.24, 2.45) is 0 Å². The molecule has 36 heavy (non-hydrogen) atoms. The molecule has 0 bridgehead atoms. The maximum absolute atomic E-state index is 13.0. The van der Waals surface area contributed by atoms with Gasteiger partial charge in [-0.25, -0.2) is 0 Å². The van der Waals surface area contributed by atoms with Crippen molar-refractivity contribution >= 4 is 46.6 Å². The van der Waals surface area contributed by atoms with Crippen molar-refractivity contribution in [3.05, 3.63) is 82.3 Å². The average Bonchev–Trinajstić information content (AvgIpc) is 3.27. The second-order valence-electron chi connectivity index (χ2n) is 7.35. The molecule has 0 radical (unpaired) electrons. The third-order valence-electron chi connectivity index (χ3n) is 4.97. The number of hydrogen-bond donors (Lipinski definition) is 1. The Bertz CT molecular complexity index is 1400.